The molecule has 4 aromatic rings. The Bertz CT molecular complexity index is 1200. The maximum atomic E-state index is 12.1. The van der Waals surface area contributed by atoms with Gasteiger partial charge in [-0.3, -0.25) is 14.7 Å². The van der Waals surface area contributed by atoms with E-state index in [0.29, 0.717) is 11.5 Å². The minimum Gasteiger partial charge on any atom is -0.371 e. The van der Waals surface area contributed by atoms with Crippen molar-refractivity contribution in [3.63, 3.8) is 0 Å². The van der Waals surface area contributed by atoms with Crippen LogP contribution >= 0.6 is 11.3 Å². The second kappa shape index (κ2) is 7.55. The summed E-state index contributed by atoms with van der Waals surface area (Å²) in [5.74, 6) is -0.385. The Kier molecular flexibility index (Phi) is 4.75. The van der Waals surface area contributed by atoms with E-state index in [1.807, 2.05) is 36.5 Å². The molecule has 1 amide bonds. The molecule has 1 aliphatic rings. The van der Waals surface area contributed by atoms with Crippen LogP contribution in [0.25, 0.3) is 21.0 Å². The molecule has 0 radical (unpaired) electrons. The molecule has 0 saturated carbocycles. The van der Waals surface area contributed by atoms with E-state index in [2.05, 4.69) is 34.1 Å². The predicted molar refractivity (Wildman–Crippen MR) is 116 cm³/mol. The van der Waals surface area contributed by atoms with Crippen molar-refractivity contribution in [2.75, 3.05) is 19.7 Å². The molecule has 0 unspecified atom stereocenters. The van der Waals surface area contributed by atoms with Crippen LogP contribution in [0.15, 0.2) is 60.8 Å². The number of hydrogen-bond donors (Lipinski definition) is 1. The van der Waals surface area contributed by atoms with Crippen molar-refractivity contribution < 1.29 is 9.53 Å². The van der Waals surface area contributed by atoms with E-state index in [0.717, 1.165) is 46.2 Å². The Morgan fingerprint density at radius 3 is 3.00 bits per heavy atom. The number of carbonyl (C=O) groups excluding carboxylic acids is 1. The van der Waals surface area contributed by atoms with Crippen LogP contribution in [-0.2, 0) is 11.3 Å². The van der Waals surface area contributed by atoms with Crippen LogP contribution in [0, 0.1) is 0 Å². The second-order valence-electron chi connectivity index (χ2n) is 7.33. The van der Waals surface area contributed by atoms with E-state index in [1.165, 1.54) is 16.9 Å². The second-order valence-corrected chi connectivity index (χ2v) is 8.38. The summed E-state index contributed by atoms with van der Waals surface area (Å²) in [6, 6.07) is 18.5. The number of carbonyl (C=O) groups is 1. The number of thiophene rings is 1. The summed E-state index contributed by atoms with van der Waals surface area (Å²) in [4.78, 5) is 19.5. The van der Waals surface area contributed by atoms with E-state index in [4.69, 9.17) is 10.5 Å². The Morgan fingerprint density at radius 2 is 2.10 bits per heavy atom. The molecular formula is C23H21N3O2S. The molecule has 1 aliphatic heterocycles. The van der Waals surface area contributed by atoms with Gasteiger partial charge in [-0.15, -0.1) is 11.3 Å². The zero-order valence-corrected chi connectivity index (χ0v) is 16.7. The highest BCUT2D eigenvalue weighted by Gasteiger charge is 2.29. The van der Waals surface area contributed by atoms with Crippen molar-refractivity contribution in [3.8, 4) is 0 Å². The number of nitrogens with zero attached hydrogens (tertiary/aromatic N) is 2. The van der Waals surface area contributed by atoms with Gasteiger partial charge < -0.3 is 10.5 Å². The third-order valence-corrected chi connectivity index (χ3v) is 6.60. The molecule has 2 aromatic carbocycles. The fraction of sp³-hybridized carbons (Fsp3) is 0.217. The number of rotatable bonds is 4. The van der Waals surface area contributed by atoms with E-state index >= 15 is 0 Å². The quantitative estimate of drug-likeness (QED) is 0.556. The lowest BCUT2D eigenvalue weighted by molar-refractivity contribution is -0.0322. The first-order chi connectivity index (χ1) is 14.2. The molecule has 5 nitrogen and oxygen atoms in total. The zero-order chi connectivity index (χ0) is 19.8. The third-order valence-electron chi connectivity index (χ3n) is 5.40. The van der Waals surface area contributed by atoms with Gasteiger partial charge in [0.2, 0.25) is 0 Å². The fourth-order valence-electron chi connectivity index (χ4n) is 4.07. The Balaban J connectivity index is 1.43. The monoisotopic (exact) mass is 403 g/mol. The number of aromatic nitrogens is 1. The molecule has 1 atom stereocenters. The molecule has 3 heterocycles. The highest BCUT2D eigenvalue weighted by atomic mass is 32.1. The molecule has 1 fully saturated rings. The molecule has 5 rings (SSSR count). The highest BCUT2D eigenvalue weighted by Crippen LogP contribution is 2.38. The first kappa shape index (κ1) is 18.2. The predicted octanol–water partition coefficient (Wildman–Crippen LogP) is 4.12. The molecule has 146 valence electrons. The summed E-state index contributed by atoms with van der Waals surface area (Å²) in [7, 11) is 0. The van der Waals surface area contributed by atoms with Crippen molar-refractivity contribution >= 4 is 38.2 Å². The van der Waals surface area contributed by atoms with Crippen molar-refractivity contribution in [1.82, 2.24) is 9.88 Å². The lowest BCUT2D eigenvalue weighted by Gasteiger charge is -2.33. The van der Waals surface area contributed by atoms with Gasteiger partial charge in [-0.1, -0.05) is 30.3 Å². The van der Waals surface area contributed by atoms with Crippen LogP contribution in [0.3, 0.4) is 0 Å². The zero-order valence-electron chi connectivity index (χ0n) is 15.9. The van der Waals surface area contributed by atoms with Crippen LogP contribution in [0.4, 0.5) is 0 Å². The van der Waals surface area contributed by atoms with Gasteiger partial charge in [0.1, 0.15) is 0 Å². The van der Waals surface area contributed by atoms with Gasteiger partial charge in [0, 0.05) is 41.5 Å². The van der Waals surface area contributed by atoms with Gasteiger partial charge in [0.25, 0.3) is 5.91 Å². The van der Waals surface area contributed by atoms with E-state index in [-0.39, 0.29) is 12.0 Å². The third kappa shape index (κ3) is 3.51. The Hall–Kier alpha value is -2.80. The highest BCUT2D eigenvalue weighted by molar-refractivity contribution is 7.21. The number of primary amides is 1. The topological polar surface area (TPSA) is 68.5 Å². The van der Waals surface area contributed by atoms with Crippen molar-refractivity contribution in [2.45, 2.75) is 12.6 Å². The van der Waals surface area contributed by atoms with Crippen molar-refractivity contribution in [1.29, 1.82) is 0 Å². The summed E-state index contributed by atoms with van der Waals surface area (Å²) in [6.07, 6.45) is 1.65. The van der Waals surface area contributed by atoms with Crippen LogP contribution in [-0.4, -0.2) is 35.5 Å². The number of nitrogens with two attached hydrogens (primary N) is 1. The Labute approximate surface area is 172 Å². The molecule has 1 saturated heterocycles. The van der Waals surface area contributed by atoms with Crippen molar-refractivity contribution in [3.05, 3.63) is 76.8 Å². The average molecular weight is 404 g/mol. The first-order valence-corrected chi connectivity index (χ1v) is 10.5. The van der Waals surface area contributed by atoms with Gasteiger partial charge >= 0.3 is 0 Å². The summed E-state index contributed by atoms with van der Waals surface area (Å²) >= 11 is 1.45. The molecule has 0 bridgehead atoms. The number of amides is 1. The molecular weight excluding hydrogens is 382 g/mol. The largest absolute Gasteiger partial charge is 0.371 e. The first-order valence-electron chi connectivity index (χ1n) is 9.68. The number of hydrogen-bond acceptors (Lipinski definition) is 5. The smallest absolute Gasteiger partial charge is 0.259 e. The van der Waals surface area contributed by atoms with Crippen LogP contribution in [0.1, 0.15) is 26.9 Å². The molecule has 0 aliphatic carbocycles. The van der Waals surface area contributed by atoms with Crippen LogP contribution in [0.5, 0.6) is 0 Å². The van der Waals surface area contributed by atoms with Gasteiger partial charge in [0.15, 0.2) is 0 Å². The summed E-state index contributed by atoms with van der Waals surface area (Å²) in [5, 5.41) is 2.21. The molecule has 0 spiro atoms. The van der Waals surface area contributed by atoms with E-state index in [1.54, 1.807) is 0 Å². The van der Waals surface area contributed by atoms with Crippen molar-refractivity contribution in [2.24, 2.45) is 5.73 Å². The molecule has 29 heavy (non-hydrogen) atoms. The standard InChI is InChI=1S/C23H21N3O2S/c24-23(27)22-21(17-5-1-2-6-20(17)29-22)19-14-26(10-11-28-19)13-15-7-8-18-16(12-15)4-3-9-25-18/h1-9,12,19H,10-11,13-14H2,(H2,24,27)/t19-/m1/s1. The SMILES string of the molecule is NC(=O)c1sc2ccccc2c1[C@H]1CN(Cc2ccc3ncccc3c2)CCO1. The summed E-state index contributed by atoms with van der Waals surface area (Å²) < 4.78 is 7.18. The molecule has 2 N–H and O–H groups in total. The van der Waals surface area contributed by atoms with Crippen LogP contribution < -0.4 is 5.73 Å². The minimum absolute atomic E-state index is 0.162. The minimum atomic E-state index is -0.385. The number of fused-ring (bicyclic) bond motifs is 2. The van der Waals surface area contributed by atoms with Gasteiger partial charge in [-0.25, -0.2) is 0 Å². The normalized spacial score (nSPS) is 17.7. The van der Waals surface area contributed by atoms with Crippen LogP contribution in [0.2, 0.25) is 0 Å². The summed E-state index contributed by atoms with van der Waals surface area (Å²) in [5.41, 5.74) is 8.88. The maximum Gasteiger partial charge on any atom is 0.259 e. The lowest BCUT2D eigenvalue weighted by atomic mass is 10.0. The Morgan fingerprint density at radius 1 is 1.21 bits per heavy atom. The number of pyridine rings is 1. The fourth-order valence-corrected chi connectivity index (χ4v) is 5.18. The number of ether oxygens (including phenoxy) is 1. The molecule has 6 heteroatoms. The number of morpholine rings is 1. The number of benzene rings is 2. The van der Waals surface area contributed by atoms with Gasteiger partial charge in [-0.2, -0.15) is 0 Å². The lowest BCUT2D eigenvalue weighted by Crippen LogP contribution is -2.38. The summed E-state index contributed by atoms with van der Waals surface area (Å²) in [6.45, 7) is 3.04. The maximum absolute atomic E-state index is 12.1. The van der Waals surface area contributed by atoms with E-state index < -0.39 is 0 Å². The average Bonchev–Trinajstić information content (AvgIpc) is 3.14. The van der Waals surface area contributed by atoms with Gasteiger partial charge in [0.05, 0.1) is 23.1 Å². The van der Waals surface area contributed by atoms with Gasteiger partial charge in [-0.05, 0) is 35.2 Å². The molecule has 2 aromatic heterocycles. The van der Waals surface area contributed by atoms with E-state index in [9.17, 15) is 4.79 Å².